The summed E-state index contributed by atoms with van der Waals surface area (Å²) in [6.07, 6.45) is 1.50. The average Bonchev–Trinajstić information content (AvgIpc) is 2.48. The number of aromatic nitrogens is 1. The van der Waals surface area contributed by atoms with Crippen molar-refractivity contribution in [3.05, 3.63) is 47.8 Å². The Kier molecular flexibility index (Phi) is 5.39. The second-order valence-electron chi connectivity index (χ2n) is 4.53. The molecule has 0 N–H and O–H groups in total. The molecule has 0 aliphatic heterocycles. The number of pyridine rings is 1. The third-order valence-electron chi connectivity index (χ3n) is 2.80. The minimum Gasteiger partial charge on any atom is -0.454 e. The Morgan fingerprint density at radius 3 is 2.59 bits per heavy atom. The van der Waals surface area contributed by atoms with Gasteiger partial charge in [0.1, 0.15) is 16.4 Å². The van der Waals surface area contributed by atoms with Crippen molar-refractivity contribution in [1.29, 1.82) is 0 Å². The van der Waals surface area contributed by atoms with E-state index in [-0.39, 0.29) is 17.3 Å². The predicted octanol–water partition coefficient (Wildman–Crippen LogP) is 3.65. The molecule has 0 aliphatic rings. The molecule has 0 aliphatic carbocycles. The SMILES string of the molecule is CCOS(=O)(=O)c1ccc(C)cc1Oc1ccc(CCl)nc1. The van der Waals surface area contributed by atoms with Gasteiger partial charge in [0.25, 0.3) is 0 Å². The number of benzene rings is 1. The van der Waals surface area contributed by atoms with Crippen LogP contribution in [0.3, 0.4) is 0 Å². The van der Waals surface area contributed by atoms with Crippen molar-refractivity contribution < 1.29 is 17.3 Å². The van der Waals surface area contributed by atoms with Crippen LogP contribution in [0.15, 0.2) is 41.4 Å². The van der Waals surface area contributed by atoms with E-state index in [1.807, 2.05) is 6.92 Å². The molecule has 2 aromatic rings. The van der Waals surface area contributed by atoms with Gasteiger partial charge >= 0.3 is 10.1 Å². The summed E-state index contributed by atoms with van der Waals surface area (Å²) in [6, 6.07) is 8.20. The van der Waals surface area contributed by atoms with E-state index in [1.165, 1.54) is 12.3 Å². The van der Waals surface area contributed by atoms with Crippen molar-refractivity contribution in [2.24, 2.45) is 0 Å². The van der Waals surface area contributed by atoms with E-state index in [4.69, 9.17) is 20.5 Å². The van der Waals surface area contributed by atoms with Gasteiger partial charge in [-0.1, -0.05) is 6.07 Å². The van der Waals surface area contributed by atoms with Gasteiger partial charge in [-0.05, 0) is 43.7 Å². The summed E-state index contributed by atoms with van der Waals surface area (Å²) in [5.74, 6) is 0.926. The summed E-state index contributed by atoms with van der Waals surface area (Å²) in [5, 5.41) is 0. The molecule has 0 spiro atoms. The van der Waals surface area contributed by atoms with Gasteiger partial charge in [-0.3, -0.25) is 9.17 Å². The highest BCUT2D eigenvalue weighted by Gasteiger charge is 2.21. The first-order valence-corrected chi connectivity index (χ1v) is 8.59. The van der Waals surface area contributed by atoms with Crippen LogP contribution in [0.5, 0.6) is 11.5 Å². The number of alkyl halides is 1. The van der Waals surface area contributed by atoms with Crippen LogP contribution in [0, 0.1) is 6.92 Å². The number of ether oxygens (including phenoxy) is 1. The summed E-state index contributed by atoms with van der Waals surface area (Å²) in [4.78, 5) is 4.09. The van der Waals surface area contributed by atoms with Gasteiger partial charge in [0.2, 0.25) is 0 Å². The third-order valence-corrected chi connectivity index (χ3v) is 4.50. The van der Waals surface area contributed by atoms with E-state index < -0.39 is 10.1 Å². The van der Waals surface area contributed by atoms with Crippen LogP contribution in [0.25, 0.3) is 0 Å². The maximum Gasteiger partial charge on any atom is 0.300 e. The van der Waals surface area contributed by atoms with Gasteiger partial charge in [0, 0.05) is 0 Å². The minimum absolute atomic E-state index is 0.0126. The Morgan fingerprint density at radius 2 is 2.00 bits per heavy atom. The first kappa shape index (κ1) is 16.7. The molecular weight excluding hydrogens is 326 g/mol. The van der Waals surface area contributed by atoms with Gasteiger partial charge in [-0.15, -0.1) is 11.6 Å². The zero-order chi connectivity index (χ0) is 16.2. The number of aryl methyl sites for hydroxylation is 1. The van der Waals surface area contributed by atoms with E-state index in [1.54, 1.807) is 31.2 Å². The van der Waals surface area contributed by atoms with Crippen LogP contribution in [-0.4, -0.2) is 20.0 Å². The normalized spacial score (nSPS) is 11.4. The molecule has 7 heteroatoms. The molecule has 22 heavy (non-hydrogen) atoms. The van der Waals surface area contributed by atoms with Crippen molar-refractivity contribution in [1.82, 2.24) is 4.98 Å². The highest BCUT2D eigenvalue weighted by molar-refractivity contribution is 7.86. The lowest BCUT2D eigenvalue weighted by molar-refractivity contribution is 0.335. The van der Waals surface area contributed by atoms with Gasteiger partial charge in [-0.25, -0.2) is 0 Å². The summed E-state index contributed by atoms with van der Waals surface area (Å²) in [6.45, 7) is 3.52. The van der Waals surface area contributed by atoms with Crippen LogP contribution in [0.2, 0.25) is 0 Å². The van der Waals surface area contributed by atoms with Crippen LogP contribution in [0.1, 0.15) is 18.2 Å². The standard InChI is InChI=1S/C15H16ClNO4S/c1-3-20-22(18,19)15-7-4-11(2)8-14(15)21-13-6-5-12(9-16)17-10-13/h4-8,10H,3,9H2,1-2H3. The van der Waals surface area contributed by atoms with Crippen LogP contribution in [-0.2, 0) is 20.2 Å². The molecule has 0 bridgehead atoms. The molecule has 1 heterocycles. The van der Waals surface area contributed by atoms with Crippen molar-refractivity contribution >= 4 is 21.7 Å². The number of halogens is 1. The van der Waals surface area contributed by atoms with Crippen molar-refractivity contribution in [3.63, 3.8) is 0 Å². The first-order valence-electron chi connectivity index (χ1n) is 6.65. The molecule has 2 rings (SSSR count). The Morgan fingerprint density at radius 1 is 1.23 bits per heavy atom. The van der Waals surface area contributed by atoms with E-state index in [0.29, 0.717) is 17.3 Å². The molecule has 0 amide bonds. The van der Waals surface area contributed by atoms with Crippen LogP contribution >= 0.6 is 11.6 Å². The molecule has 118 valence electrons. The summed E-state index contributed by atoms with van der Waals surface area (Å²) >= 11 is 5.68. The Labute approximate surface area is 135 Å². The van der Waals surface area contributed by atoms with Crippen LogP contribution < -0.4 is 4.74 Å². The lowest BCUT2D eigenvalue weighted by Crippen LogP contribution is -2.07. The highest BCUT2D eigenvalue weighted by atomic mass is 35.5. The summed E-state index contributed by atoms with van der Waals surface area (Å²) in [5.41, 5.74) is 1.58. The molecule has 1 aromatic carbocycles. The monoisotopic (exact) mass is 341 g/mol. The van der Waals surface area contributed by atoms with Gasteiger partial charge in [0.05, 0.1) is 24.4 Å². The topological polar surface area (TPSA) is 65.5 Å². The summed E-state index contributed by atoms with van der Waals surface area (Å²) < 4.78 is 34.7. The fourth-order valence-corrected chi connectivity index (χ4v) is 2.97. The van der Waals surface area contributed by atoms with Gasteiger partial charge in [-0.2, -0.15) is 8.42 Å². The number of hydrogen-bond acceptors (Lipinski definition) is 5. The zero-order valence-electron chi connectivity index (χ0n) is 12.2. The number of rotatable bonds is 6. The molecular formula is C15H16ClNO4S. The van der Waals surface area contributed by atoms with Crippen molar-refractivity contribution in [3.8, 4) is 11.5 Å². The molecule has 0 fully saturated rings. The van der Waals surface area contributed by atoms with Crippen molar-refractivity contribution in [2.45, 2.75) is 24.6 Å². The quantitative estimate of drug-likeness (QED) is 0.592. The fraction of sp³-hybridized carbons (Fsp3) is 0.267. The lowest BCUT2D eigenvalue weighted by atomic mass is 10.2. The molecule has 0 saturated carbocycles. The van der Waals surface area contributed by atoms with Gasteiger partial charge < -0.3 is 4.74 Å². The molecule has 5 nitrogen and oxygen atoms in total. The van der Waals surface area contributed by atoms with Gasteiger partial charge in [0.15, 0.2) is 0 Å². The fourth-order valence-electron chi connectivity index (χ4n) is 1.80. The maximum atomic E-state index is 12.1. The molecule has 1 aromatic heterocycles. The average molecular weight is 342 g/mol. The third kappa shape index (κ3) is 3.97. The van der Waals surface area contributed by atoms with Crippen LogP contribution in [0.4, 0.5) is 0 Å². The second-order valence-corrected chi connectivity index (χ2v) is 6.38. The Hall–Kier alpha value is -1.63. The summed E-state index contributed by atoms with van der Waals surface area (Å²) in [7, 11) is -3.86. The van der Waals surface area contributed by atoms with E-state index >= 15 is 0 Å². The van der Waals surface area contributed by atoms with E-state index in [9.17, 15) is 8.42 Å². The predicted molar refractivity (Wildman–Crippen MR) is 83.9 cm³/mol. The molecule has 0 saturated heterocycles. The second kappa shape index (κ2) is 7.09. The van der Waals surface area contributed by atoms with E-state index in [2.05, 4.69) is 4.98 Å². The zero-order valence-corrected chi connectivity index (χ0v) is 13.8. The lowest BCUT2D eigenvalue weighted by Gasteiger charge is -2.12. The number of nitrogens with zero attached hydrogens (tertiary/aromatic N) is 1. The Balaban J connectivity index is 2.38. The molecule has 0 radical (unpaired) electrons. The molecule has 0 unspecified atom stereocenters. The maximum absolute atomic E-state index is 12.1. The van der Waals surface area contributed by atoms with Crippen molar-refractivity contribution in [2.75, 3.05) is 6.61 Å². The smallest absolute Gasteiger partial charge is 0.300 e. The Bertz CT molecular complexity index is 745. The first-order chi connectivity index (χ1) is 10.5. The minimum atomic E-state index is -3.86. The molecule has 0 atom stereocenters. The van der Waals surface area contributed by atoms with E-state index in [0.717, 1.165) is 5.56 Å². The largest absolute Gasteiger partial charge is 0.454 e. The highest BCUT2D eigenvalue weighted by Crippen LogP contribution is 2.30. The number of hydrogen-bond donors (Lipinski definition) is 0.